The Bertz CT molecular complexity index is 541. The molecule has 20 heavy (non-hydrogen) atoms. The number of imide groups is 2. The lowest BCUT2D eigenvalue weighted by Crippen LogP contribution is -2.64. The van der Waals surface area contributed by atoms with E-state index in [-0.39, 0.29) is 12.3 Å². The number of amides is 4. The minimum absolute atomic E-state index is 0.151. The third-order valence-electron chi connectivity index (χ3n) is 3.93. The first-order valence-corrected chi connectivity index (χ1v) is 6.80. The van der Waals surface area contributed by atoms with Gasteiger partial charge in [0.2, 0.25) is 11.8 Å². The zero-order chi connectivity index (χ0) is 14.8. The SMILES string of the molecule is CCC#CC[C@@]1(C2C=CCC2)C(=O)NC(=O)N(C)C1=O. The molecule has 5 nitrogen and oxygen atoms in total. The summed E-state index contributed by atoms with van der Waals surface area (Å²) in [6.45, 7) is 1.91. The van der Waals surface area contributed by atoms with E-state index >= 15 is 0 Å². The largest absolute Gasteiger partial charge is 0.330 e. The highest BCUT2D eigenvalue weighted by Crippen LogP contribution is 2.42. The Hall–Kier alpha value is -2.09. The first-order chi connectivity index (χ1) is 9.54. The number of hydrogen-bond donors (Lipinski definition) is 1. The third-order valence-corrected chi connectivity index (χ3v) is 3.93. The molecule has 1 aliphatic carbocycles. The van der Waals surface area contributed by atoms with Gasteiger partial charge in [-0.25, -0.2) is 4.79 Å². The highest BCUT2D eigenvalue weighted by Gasteiger charge is 2.56. The lowest BCUT2D eigenvalue weighted by Gasteiger charge is -2.40. The smallest absolute Gasteiger partial charge is 0.277 e. The minimum Gasteiger partial charge on any atom is -0.277 e. The molecule has 0 bridgehead atoms. The second-order valence-electron chi connectivity index (χ2n) is 5.09. The Morgan fingerprint density at radius 2 is 2.15 bits per heavy atom. The minimum atomic E-state index is -1.27. The number of carbonyl (C=O) groups excluding carboxylic acids is 3. The van der Waals surface area contributed by atoms with Crippen LogP contribution in [-0.4, -0.2) is 29.8 Å². The van der Waals surface area contributed by atoms with Crippen LogP contribution in [0, 0.1) is 23.2 Å². The molecule has 0 aromatic heterocycles. The van der Waals surface area contributed by atoms with Crippen molar-refractivity contribution >= 4 is 17.8 Å². The van der Waals surface area contributed by atoms with E-state index in [0.717, 1.165) is 17.7 Å². The van der Waals surface area contributed by atoms with E-state index < -0.39 is 23.3 Å². The number of barbiturate groups is 1. The summed E-state index contributed by atoms with van der Waals surface area (Å²) in [5, 5.41) is 2.28. The Kier molecular flexibility index (Phi) is 3.93. The van der Waals surface area contributed by atoms with Crippen LogP contribution in [-0.2, 0) is 9.59 Å². The predicted molar refractivity (Wildman–Crippen MR) is 73.3 cm³/mol. The van der Waals surface area contributed by atoms with Gasteiger partial charge in [-0.1, -0.05) is 19.1 Å². The van der Waals surface area contributed by atoms with Crippen molar-refractivity contribution in [2.45, 2.75) is 32.6 Å². The molecule has 1 heterocycles. The zero-order valence-corrected chi connectivity index (χ0v) is 11.7. The molecule has 2 atom stereocenters. The van der Waals surface area contributed by atoms with E-state index in [2.05, 4.69) is 17.2 Å². The van der Waals surface area contributed by atoms with Crippen LogP contribution >= 0.6 is 0 Å². The molecular formula is C15H18N2O3. The summed E-state index contributed by atoms with van der Waals surface area (Å²) in [5.74, 6) is 4.65. The fourth-order valence-electron chi connectivity index (χ4n) is 2.77. The molecule has 1 saturated heterocycles. The van der Waals surface area contributed by atoms with Crippen molar-refractivity contribution in [3.8, 4) is 11.8 Å². The van der Waals surface area contributed by atoms with Crippen molar-refractivity contribution in [1.29, 1.82) is 0 Å². The van der Waals surface area contributed by atoms with Gasteiger partial charge in [0.15, 0.2) is 0 Å². The second kappa shape index (κ2) is 5.49. The van der Waals surface area contributed by atoms with Gasteiger partial charge in [-0.3, -0.25) is 19.8 Å². The molecule has 0 radical (unpaired) electrons. The Labute approximate surface area is 118 Å². The summed E-state index contributed by atoms with van der Waals surface area (Å²) in [5.41, 5.74) is -1.27. The fraction of sp³-hybridized carbons (Fsp3) is 0.533. The van der Waals surface area contributed by atoms with E-state index in [0.29, 0.717) is 6.42 Å². The van der Waals surface area contributed by atoms with E-state index in [1.54, 1.807) is 0 Å². The van der Waals surface area contributed by atoms with Crippen LogP contribution in [0.2, 0.25) is 0 Å². The number of rotatable bonds is 2. The van der Waals surface area contributed by atoms with E-state index in [9.17, 15) is 14.4 Å². The maximum Gasteiger partial charge on any atom is 0.330 e. The number of urea groups is 1. The Morgan fingerprint density at radius 3 is 2.75 bits per heavy atom. The van der Waals surface area contributed by atoms with Crippen LogP contribution in [0.5, 0.6) is 0 Å². The first kappa shape index (κ1) is 14.3. The van der Waals surface area contributed by atoms with Gasteiger partial charge in [0, 0.05) is 25.8 Å². The van der Waals surface area contributed by atoms with E-state index in [1.165, 1.54) is 7.05 Å². The second-order valence-corrected chi connectivity index (χ2v) is 5.09. The van der Waals surface area contributed by atoms with Crippen molar-refractivity contribution in [3.05, 3.63) is 12.2 Å². The van der Waals surface area contributed by atoms with Gasteiger partial charge in [-0.2, -0.15) is 0 Å². The van der Waals surface area contributed by atoms with Crippen LogP contribution in [0.1, 0.15) is 32.6 Å². The number of allylic oxidation sites excluding steroid dienone is 2. The van der Waals surface area contributed by atoms with Crippen LogP contribution in [0.4, 0.5) is 4.79 Å². The quantitative estimate of drug-likeness (QED) is 0.471. The summed E-state index contributed by atoms with van der Waals surface area (Å²) in [6.07, 6.45) is 6.26. The van der Waals surface area contributed by atoms with Crippen LogP contribution in [0.3, 0.4) is 0 Å². The molecule has 1 N–H and O–H groups in total. The molecule has 2 rings (SSSR count). The molecule has 0 saturated carbocycles. The topological polar surface area (TPSA) is 66.5 Å². The van der Waals surface area contributed by atoms with Crippen molar-refractivity contribution in [1.82, 2.24) is 10.2 Å². The standard InChI is InChI=1S/C15H18N2O3/c1-3-4-7-10-15(11-8-5-6-9-11)12(18)16-14(20)17(2)13(15)19/h5,8,11H,3,6,9-10H2,1-2H3,(H,16,18,20)/t11?,15-/m1/s1. The van der Waals surface area contributed by atoms with Crippen LogP contribution < -0.4 is 5.32 Å². The van der Waals surface area contributed by atoms with Gasteiger partial charge in [0.1, 0.15) is 5.41 Å². The molecule has 106 valence electrons. The summed E-state index contributed by atoms with van der Waals surface area (Å²) >= 11 is 0. The molecule has 1 unspecified atom stereocenters. The first-order valence-electron chi connectivity index (χ1n) is 6.80. The summed E-state index contributed by atoms with van der Waals surface area (Å²) < 4.78 is 0. The maximum absolute atomic E-state index is 12.6. The number of nitrogens with zero attached hydrogens (tertiary/aromatic N) is 1. The third kappa shape index (κ3) is 2.11. The average Bonchev–Trinajstić information content (AvgIpc) is 2.95. The average molecular weight is 274 g/mol. The van der Waals surface area contributed by atoms with Gasteiger partial charge < -0.3 is 0 Å². The molecule has 0 spiro atoms. The molecule has 1 fully saturated rings. The van der Waals surface area contributed by atoms with Gasteiger partial charge in [0.05, 0.1) is 0 Å². The molecular weight excluding hydrogens is 256 g/mol. The Morgan fingerprint density at radius 1 is 1.40 bits per heavy atom. The van der Waals surface area contributed by atoms with E-state index in [4.69, 9.17) is 0 Å². The number of nitrogens with one attached hydrogen (secondary N) is 1. The summed E-state index contributed by atoms with van der Waals surface area (Å²) in [7, 11) is 1.39. The summed E-state index contributed by atoms with van der Waals surface area (Å²) in [4.78, 5) is 37.5. The molecule has 4 amide bonds. The predicted octanol–water partition coefficient (Wildman–Crippen LogP) is 1.45. The van der Waals surface area contributed by atoms with Crippen LogP contribution in [0.25, 0.3) is 0 Å². The molecule has 1 aliphatic heterocycles. The van der Waals surface area contributed by atoms with Gasteiger partial charge in [0.25, 0.3) is 0 Å². The van der Waals surface area contributed by atoms with Crippen LogP contribution in [0.15, 0.2) is 12.2 Å². The number of hydrogen-bond acceptors (Lipinski definition) is 3. The molecule has 0 aromatic carbocycles. The molecule has 5 heteroatoms. The van der Waals surface area contributed by atoms with Crippen molar-refractivity contribution < 1.29 is 14.4 Å². The zero-order valence-electron chi connectivity index (χ0n) is 11.7. The lowest BCUT2D eigenvalue weighted by atomic mass is 9.69. The summed E-state index contributed by atoms with van der Waals surface area (Å²) in [6, 6.07) is -0.666. The monoisotopic (exact) mass is 274 g/mol. The van der Waals surface area contributed by atoms with Crippen molar-refractivity contribution in [2.24, 2.45) is 11.3 Å². The fourth-order valence-corrected chi connectivity index (χ4v) is 2.77. The highest BCUT2D eigenvalue weighted by atomic mass is 16.2. The van der Waals surface area contributed by atoms with Gasteiger partial charge >= 0.3 is 6.03 Å². The van der Waals surface area contributed by atoms with Crippen molar-refractivity contribution in [3.63, 3.8) is 0 Å². The number of carbonyl (C=O) groups is 3. The lowest BCUT2D eigenvalue weighted by molar-refractivity contribution is -0.153. The molecule has 2 aliphatic rings. The van der Waals surface area contributed by atoms with E-state index in [1.807, 2.05) is 19.1 Å². The van der Waals surface area contributed by atoms with Gasteiger partial charge in [-0.05, 0) is 12.8 Å². The van der Waals surface area contributed by atoms with Crippen molar-refractivity contribution in [2.75, 3.05) is 7.05 Å². The maximum atomic E-state index is 12.6. The highest BCUT2D eigenvalue weighted by molar-refractivity contribution is 6.19. The Balaban J connectivity index is 2.43. The normalized spacial score (nSPS) is 29.2. The van der Waals surface area contributed by atoms with Gasteiger partial charge in [-0.15, -0.1) is 11.8 Å². The molecule has 0 aromatic rings.